The normalized spacial score (nSPS) is 18.8. The summed E-state index contributed by atoms with van der Waals surface area (Å²) in [7, 11) is 0. The molecule has 7 heteroatoms. The predicted octanol–water partition coefficient (Wildman–Crippen LogP) is 4.84. The van der Waals surface area contributed by atoms with Gasteiger partial charge in [0.1, 0.15) is 30.7 Å². The summed E-state index contributed by atoms with van der Waals surface area (Å²) in [5, 5.41) is 3.86. The number of fused-ring (bicyclic) bond motifs is 2. The van der Waals surface area contributed by atoms with Crippen LogP contribution in [0.1, 0.15) is 31.2 Å². The van der Waals surface area contributed by atoms with Gasteiger partial charge in [0, 0.05) is 24.4 Å². The van der Waals surface area contributed by atoms with E-state index in [1.807, 2.05) is 18.2 Å². The van der Waals surface area contributed by atoms with Gasteiger partial charge in [-0.25, -0.2) is 14.4 Å². The molecule has 0 spiro atoms. The maximum Gasteiger partial charge on any atom is 0.163 e. The van der Waals surface area contributed by atoms with E-state index in [1.54, 1.807) is 19.1 Å². The SMILES string of the molecule is Cc1cccc(Nc2ncnc3cc4c(cc23)OCC(CCN2CCCCC2)O4)c1F. The molecule has 2 aliphatic rings. The standard InChI is InChI=1S/C24H27FN4O2/c1-16-6-5-7-19(23(16)25)28-24-18-12-21-22(13-20(18)26-15-27-24)31-17(14-30-21)8-11-29-9-3-2-4-10-29/h5-7,12-13,15,17H,2-4,8-11,14H2,1H3,(H,26,27,28). The minimum absolute atomic E-state index is 0.0349. The molecule has 0 saturated carbocycles. The molecule has 0 bridgehead atoms. The van der Waals surface area contributed by atoms with Crippen molar-refractivity contribution in [2.24, 2.45) is 0 Å². The third-order valence-corrected chi connectivity index (χ3v) is 6.08. The van der Waals surface area contributed by atoms with Gasteiger partial charge in [-0.1, -0.05) is 18.6 Å². The summed E-state index contributed by atoms with van der Waals surface area (Å²) in [4.78, 5) is 11.2. The molecule has 6 nitrogen and oxygen atoms in total. The number of aromatic nitrogens is 2. The summed E-state index contributed by atoms with van der Waals surface area (Å²) in [5.41, 5.74) is 1.69. The van der Waals surface area contributed by atoms with E-state index in [0.29, 0.717) is 35.2 Å². The van der Waals surface area contributed by atoms with Gasteiger partial charge < -0.3 is 19.7 Å². The molecular formula is C24H27FN4O2. The lowest BCUT2D eigenvalue weighted by molar-refractivity contribution is 0.0730. The van der Waals surface area contributed by atoms with Crippen molar-refractivity contribution in [1.29, 1.82) is 0 Å². The molecule has 1 aromatic heterocycles. The van der Waals surface area contributed by atoms with Crippen molar-refractivity contribution in [3.8, 4) is 11.5 Å². The van der Waals surface area contributed by atoms with Crippen molar-refractivity contribution in [2.45, 2.75) is 38.7 Å². The summed E-state index contributed by atoms with van der Waals surface area (Å²) < 4.78 is 26.7. The maximum absolute atomic E-state index is 14.5. The third-order valence-electron chi connectivity index (χ3n) is 6.08. The Labute approximate surface area is 181 Å². The van der Waals surface area contributed by atoms with E-state index in [1.165, 1.54) is 38.7 Å². The van der Waals surface area contributed by atoms with Crippen LogP contribution in [-0.2, 0) is 0 Å². The van der Waals surface area contributed by atoms with Crippen LogP contribution in [0.25, 0.3) is 10.9 Å². The molecule has 31 heavy (non-hydrogen) atoms. The van der Waals surface area contributed by atoms with E-state index in [2.05, 4.69) is 20.2 Å². The van der Waals surface area contributed by atoms with Crippen molar-refractivity contribution in [3.63, 3.8) is 0 Å². The fraction of sp³-hybridized carbons (Fsp3) is 0.417. The van der Waals surface area contributed by atoms with Gasteiger partial charge in [-0.15, -0.1) is 0 Å². The van der Waals surface area contributed by atoms with Crippen molar-refractivity contribution in [2.75, 3.05) is 31.6 Å². The lowest BCUT2D eigenvalue weighted by Crippen LogP contribution is -2.36. The molecule has 5 rings (SSSR count). The molecule has 1 N–H and O–H groups in total. The highest BCUT2D eigenvalue weighted by molar-refractivity contribution is 5.93. The van der Waals surface area contributed by atoms with Gasteiger partial charge in [-0.2, -0.15) is 0 Å². The van der Waals surface area contributed by atoms with Gasteiger partial charge in [0.15, 0.2) is 11.5 Å². The summed E-state index contributed by atoms with van der Waals surface area (Å²) in [6, 6.07) is 9.01. The van der Waals surface area contributed by atoms with Crippen LogP contribution >= 0.6 is 0 Å². The topological polar surface area (TPSA) is 59.5 Å². The van der Waals surface area contributed by atoms with E-state index < -0.39 is 0 Å². The van der Waals surface area contributed by atoms with Gasteiger partial charge in [0.25, 0.3) is 0 Å². The molecule has 3 aromatic rings. The average Bonchev–Trinajstić information content (AvgIpc) is 2.80. The predicted molar refractivity (Wildman–Crippen MR) is 119 cm³/mol. The molecule has 0 aliphatic carbocycles. The number of halogens is 1. The zero-order valence-electron chi connectivity index (χ0n) is 17.7. The Hall–Kier alpha value is -2.93. The number of aryl methyl sites for hydroxylation is 1. The minimum atomic E-state index is -0.289. The maximum atomic E-state index is 14.5. The van der Waals surface area contributed by atoms with Crippen molar-refractivity contribution < 1.29 is 13.9 Å². The lowest BCUT2D eigenvalue weighted by atomic mass is 10.1. The first-order valence-electron chi connectivity index (χ1n) is 11.0. The molecule has 1 fully saturated rings. The molecule has 1 atom stereocenters. The Bertz CT molecular complexity index is 1080. The van der Waals surface area contributed by atoms with E-state index in [0.717, 1.165) is 23.9 Å². The number of hydrogen-bond donors (Lipinski definition) is 1. The highest BCUT2D eigenvalue weighted by atomic mass is 19.1. The summed E-state index contributed by atoms with van der Waals surface area (Å²) in [6.45, 7) is 5.67. The molecule has 162 valence electrons. The number of anilines is 2. The van der Waals surface area contributed by atoms with Crippen LogP contribution in [0.4, 0.5) is 15.9 Å². The van der Waals surface area contributed by atoms with Gasteiger partial charge in [0.05, 0.1) is 11.2 Å². The van der Waals surface area contributed by atoms with Gasteiger partial charge in [0.2, 0.25) is 0 Å². The van der Waals surface area contributed by atoms with E-state index >= 15 is 0 Å². The number of likely N-dealkylation sites (tertiary alicyclic amines) is 1. The second-order valence-corrected chi connectivity index (χ2v) is 8.34. The first kappa shape index (κ1) is 20.0. The molecule has 0 radical (unpaired) electrons. The van der Waals surface area contributed by atoms with Crippen molar-refractivity contribution >= 4 is 22.4 Å². The number of benzene rings is 2. The highest BCUT2D eigenvalue weighted by Crippen LogP contribution is 2.38. The molecule has 1 unspecified atom stereocenters. The second-order valence-electron chi connectivity index (χ2n) is 8.34. The number of nitrogens with zero attached hydrogens (tertiary/aromatic N) is 3. The molecular weight excluding hydrogens is 395 g/mol. The Balaban J connectivity index is 1.35. The Kier molecular flexibility index (Phi) is 5.59. The molecule has 1 saturated heterocycles. The largest absolute Gasteiger partial charge is 0.486 e. The number of nitrogens with one attached hydrogen (secondary N) is 1. The van der Waals surface area contributed by atoms with Gasteiger partial charge in [-0.3, -0.25) is 0 Å². The molecule has 2 aliphatic heterocycles. The van der Waals surface area contributed by atoms with E-state index in [9.17, 15) is 4.39 Å². The zero-order chi connectivity index (χ0) is 21.2. The van der Waals surface area contributed by atoms with Crippen LogP contribution in [0.3, 0.4) is 0 Å². The smallest absolute Gasteiger partial charge is 0.163 e. The average molecular weight is 423 g/mol. The Morgan fingerprint density at radius 3 is 2.87 bits per heavy atom. The van der Waals surface area contributed by atoms with Crippen LogP contribution in [0.5, 0.6) is 11.5 Å². The van der Waals surface area contributed by atoms with Crippen LogP contribution in [0.15, 0.2) is 36.7 Å². The molecule has 2 aromatic carbocycles. The fourth-order valence-electron chi connectivity index (χ4n) is 4.29. The number of hydrogen-bond acceptors (Lipinski definition) is 6. The summed E-state index contributed by atoms with van der Waals surface area (Å²) >= 11 is 0. The minimum Gasteiger partial charge on any atom is -0.486 e. The number of rotatable bonds is 5. The zero-order valence-corrected chi connectivity index (χ0v) is 17.7. The summed E-state index contributed by atoms with van der Waals surface area (Å²) in [6.07, 6.45) is 6.38. The monoisotopic (exact) mass is 422 g/mol. The fourth-order valence-corrected chi connectivity index (χ4v) is 4.29. The number of ether oxygens (including phenoxy) is 2. The van der Waals surface area contributed by atoms with E-state index in [-0.39, 0.29) is 11.9 Å². The Morgan fingerprint density at radius 2 is 2.00 bits per heavy atom. The summed E-state index contributed by atoms with van der Waals surface area (Å²) in [5.74, 6) is 1.62. The van der Waals surface area contributed by atoms with Crippen LogP contribution < -0.4 is 14.8 Å². The van der Waals surface area contributed by atoms with Gasteiger partial charge in [-0.05, 0) is 50.6 Å². The molecule has 0 amide bonds. The molecule has 3 heterocycles. The second kappa shape index (κ2) is 8.67. The van der Waals surface area contributed by atoms with Crippen LogP contribution in [-0.4, -0.2) is 47.2 Å². The van der Waals surface area contributed by atoms with Crippen molar-refractivity contribution in [1.82, 2.24) is 14.9 Å². The van der Waals surface area contributed by atoms with Gasteiger partial charge >= 0.3 is 0 Å². The van der Waals surface area contributed by atoms with Crippen LogP contribution in [0, 0.1) is 12.7 Å². The Morgan fingerprint density at radius 1 is 1.13 bits per heavy atom. The van der Waals surface area contributed by atoms with Crippen molar-refractivity contribution in [3.05, 3.63) is 48.0 Å². The third kappa shape index (κ3) is 4.28. The number of piperidine rings is 1. The lowest BCUT2D eigenvalue weighted by Gasteiger charge is -2.31. The van der Waals surface area contributed by atoms with E-state index in [4.69, 9.17) is 9.47 Å². The first-order valence-corrected chi connectivity index (χ1v) is 11.0. The van der Waals surface area contributed by atoms with Crippen LogP contribution in [0.2, 0.25) is 0 Å². The highest BCUT2D eigenvalue weighted by Gasteiger charge is 2.24. The quantitative estimate of drug-likeness (QED) is 0.635. The first-order chi connectivity index (χ1) is 15.2.